The van der Waals surface area contributed by atoms with Crippen molar-refractivity contribution in [2.75, 3.05) is 4.90 Å². The van der Waals surface area contributed by atoms with Gasteiger partial charge in [-0.15, -0.1) is 0 Å². The van der Waals surface area contributed by atoms with Crippen molar-refractivity contribution in [1.29, 1.82) is 0 Å². The van der Waals surface area contributed by atoms with E-state index in [-0.39, 0.29) is 30.1 Å². The molecule has 1 atom stereocenters. The smallest absolute Gasteiger partial charge is 0.248 e. The van der Waals surface area contributed by atoms with E-state index in [1.165, 1.54) is 34.8 Å². The summed E-state index contributed by atoms with van der Waals surface area (Å²) < 4.78 is 13.7. The van der Waals surface area contributed by atoms with Gasteiger partial charge < -0.3 is 5.32 Å². The molecule has 4 rings (SSSR count). The van der Waals surface area contributed by atoms with E-state index in [0.29, 0.717) is 5.69 Å². The van der Waals surface area contributed by atoms with Gasteiger partial charge in [0.25, 0.3) is 0 Å². The lowest BCUT2D eigenvalue weighted by molar-refractivity contribution is -0.127. The van der Waals surface area contributed by atoms with Crippen molar-refractivity contribution in [1.82, 2.24) is 5.32 Å². The zero-order valence-electron chi connectivity index (χ0n) is 17.9. The van der Waals surface area contributed by atoms with Gasteiger partial charge in [-0.25, -0.2) is 4.39 Å². The van der Waals surface area contributed by atoms with E-state index in [1.54, 1.807) is 12.1 Å². The summed E-state index contributed by atoms with van der Waals surface area (Å²) in [5.74, 6) is -0.796. The summed E-state index contributed by atoms with van der Waals surface area (Å²) >= 11 is 1.53. The van der Waals surface area contributed by atoms with Gasteiger partial charge in [0.15, 0.2) is 0 Å². The molecule has 0 bridgehead atoms. The van der Waals surface area contributed by atoms with Crippen LogP contribution in [0.3, 0.4) is 0 Å². The Balaban J connectivity index is 1.71. The van der Waals surface area contributed by atoms with Gasteiger partial charge >= 0.3 is 0 Å². The van der Waals surface area contributed by atoms with Crippen molar-refractivity contribution in [3.8, 4) is 0 Å². The molecule has 1 aliphatic carbocycles. The molecule has 2 aromatic carbocycles. The van der Waals surface area contributed by atoms with Crippen molar-refractivity contribution < 1.29 is 14.0 Å². The number of benzene rings is 2. The lowest BCUT2D eigenvalue weighted by Crippen LogP contribution is -2.47. The van der Waals surface area contributed by atoms with Crippen molar-refractivity contribution in [2.24, 2.45) is 0 Å². The molecular formula is C26H27FN2O2S. The van der Waals surface area contributed by atoms with Crippen LogP contribution in [0.2, 0.25) is 0 Å². The number of nitrogens with one attached hydrogen (secondary N) is 1. The second-order valence-corrected chi connectivity index (χ2v) is 8.99. The highest BCUT2D eigenvalue weighted by Gasteiger charge is 2.34. The van der Waals surface area contributed by atoms with Crippen LogP contribution in [-0.2, 0) is 16.0 Å². The quantitative estimate of drug-likeness (QED) is 0.505. The standard InChI is InChI=1S/C26H27FN2O2S/c27-21-11-13-23(14-12-21)29(24(30)17-19-15-16-32-18-19)25(20-7-3-1-4-8-20)26(31)28-22-9-5-2-6-10-22/h1,3-4,7-8,11-16,18,22,25H,2,5-6,9-10,17H2,(H,28,31). The summed E-state index contributed by atoms with van der Waals surface area (Å²) in [6.45, 7) is 0. The van der Waals surface area contributed by atoms with Gasteiger partial charge in [-0.1, -0.05) is 49.6 Å². The van der Waals surface area contributed by atoms with Crippen LogP contribution in [0.25, 0.3) is 0 Å². The number of carbonyl (C=O) groups is 2. The third-order valence-corrected chi connectivity index (χ3v) is 6.61. The van der Waals surface area contributed by atoms with Gasteiger partial charge in [-0.3, -0.25) is 14.5 Å². The Bertz CT molecular complexity index is 1020. The van der Waals surface area contributed by atoms with Crippen LogP contribution in [0.1, 0.15) is 49.3 Å². The maximum Gasteiger partial charge on any atom is 0.248 e. The Morgan fingerprint density at radius 1 is 1.00 bits per heavy atom. The average molecular weight is 451 g/mol. The number of hydrogen-bond acceptors (Lipinski definition) is 3. The van der Waals surface area contributed by atoms with Gasteiger partial charge in [-0.2, -0.15) is 11.3 Å². The molecule has 1 saturated carbocycles. The highest BCUT2D eigenvalue weighted by Crippen LogP contribution is 2.30. The first-order valence-corrected chi connectivity index (χ1v) is 12.0. The van der Waals surface area contributed by atoms with Crippen LogP contribution in [0.4, 0.5) is 10.1 Å². The van der Waals surface area contributed by atoms with Crippen molar-refractivity contribution in [2.45, 2.75) is 50.6 Å². The molecule has 1 aromatic heterocycles. The molecular weight excluding hydrogens is 423 g/mol. The number of amides is 2. The number of anilines is 1. The van der Waals surface area contributed by atoms with E-state index < -0.39 is 6.04 Å². The summed E-state index contributed by atoms with van der Waals surface area (Å²) in [7, 11) is 0. The van der Waals surface area contributed by atoms with Gasteiger partial charge in [0.1, 0.15) is 11.9 Å². The fraction of sp³-hybridized carbons (Fsp3) is 0.308. The number of carbonyl (C=O) groups excluding carboxylic acids is 2. The Kier molecular flexibility index (Phi) is 7.32. The van der Waals surface area contributed by atoms with Crippen LogP contribution < -0.4 is 10.2 Å². The molecule has 1 fully saturated rings. The first-order chi connectivity index (χ1) is 15.6. The van der Waals surface area contributed by atoms with Crippen molar-refractivity contribution in [3.05, 3.63) is 88.4 Å². The highest BCUT2D eigenvalue weighted by molar-refractivity contribution is 7.08. The van der Waals surface area contributed by atoms with E-state index in [9.17, 15) is 14.0 Å². The summed E-state index contributed by atoms with van der Waals surface area (Å²) in [4.78, 5) is 28.7. The lowest BCUT2D eigenvalue weighted by atomic mass is 9.94. The maximum absolute atomic E-state index is 13.7. The molecule has 0 saturated heterocycles. The Morgan fingerprint density at radius 3 is 2.38 bits per heavy atom. The Morgan fingerprint density at radius 2 is 1.72 bits per heavy atom. The average Bonchev–Trinajstić information content (AvgIpc) is 3.32. The van der Waals surface area contributed by atoms with Gasteiger partial charge in [0, 0.05) is 11.7 Å². The second kappa shape index (κ2) is 10.6. The number of rotatable bonds is 7. The number of thiophene rings is 1. The Labute approximate surface area is 192 Å². The second-order valence-electron chi connectivity index (χ2n) is 8.21. The zero-order chi connectivity index (χ0) is 22.3. The minimum atomic E-state index is -0.838. The first kappa shape index (κ1) is 22.2. The molecule has 3 aromatic rings. The topological polar surface area (TPSA) is 49.4 Å². The van der Waals surface area contributed by atoms with Crippen molar-refractivity contribution in [3.63, 3.8) is 0 Å². The van der Waals surface area contributed by atoms with Gasteiger partial charge in [0.2, 0.25) is 11.8 Å². The largest absolute Gasteiger partial charge is 0.351 e. The summed E-state index contributed by atoms with van der Waals surface area (Å²) in [6, 6.07) is 16.3. The van der Waals surface area contributed by atoms with Crippen molar-refractivity contribution >= 4 is 28.8 Å². The molecule has 2 amide bonds. The molecule has 1 unspecified atom stereocenters. The third-order valence-electron chi connectivity index (χ3n) is 5.88. The molecule has 1 aliphatic rings. The molecule has 6 heteroatoms. The van der Waals surface area contributed by atoms with Crippen LogP contribution in [0, 0.1) is 5.82 Å². The fourth-order valence-corrected chi connectivity index (χ4v) is 4.94. The van der Waals surface area contributed by atoms with E-state index in [0.717, 1.165) is 36.8 Å². The van der Waals surface area contributed by atoms with Crippen LogP contribution >= 0.6 is 11.3 Å². The maximum atomic E-state index is 13.7. The molecule has 32 heavy (non-hydrogen) atoms. The molecule has 1 N–H and O–H groups in total. The van der Waals surface area contributed by atoms with E-state index in [2.05, 4.69) is 5.32 Å². The van der Waals surface area contributed by atoms with Crippen LogP contribution in [-0.4, -0.2) is 17.9 Å². The van der Waals surface area contributed by atoms with Crippen LogP contribution in [0.5, 0.6) is 0 Å². The SMILES string of the molecule is O=C(NC1CCCCC1)C(c1ccccc1)N(C(=O)Cc1ccsc1)c1ccc(F)cc1. The predicted molar refractivity (Wildman–Crippen MR) is 126 cm³/mol. The number of hydrogen-bond donors (Lipinski definition) is 1. The zero-order valence-corrected chi connectivity index (χ0v) is 18.7. The van der Waals surface area contributed by atoms with Crippen LogP contribution in [0.15, 0.2) is 71.4 Å². The molecule has 0 aliphatic heterocycles. The minimum Gasteiger partial charge on any atom is -0.351 e. The molecule has 1 heterocycles. The molecule has 0 spiro atoms. The number of nitrogens with zero attached hydrogens (tertiary/aromatic N) is 1. The summed E-state index contributed by atoms with van der Waals surface area (Å²) in [6.07, 6.45) is 5.45. The minimum absolute atomic E-state index is 0.115. The van der Waals surface area contributed by atoms with Gasteiger partial charge in [0.05, 0.1) is 6.42 Å². The number of halogens is 1. The molecule has 166 valence electrons. The lowest BCUT2D eigenvalue weighted by Gasteiger charge is -2.33. The van der Waals surface area contributed by atoms with E-state index in [4.69, 9.17) is 0 Å². The monoisotopic (exact) mass is 450 g/mol. The predicted octanol–water partition coefficient (Wildman–Crippen LogP) is 5.65. The molecule has 0 radical (unpaired) electrons. The Hall–Kier alpha value is -2.99. The molecule has 4 nitrogen and oxygen atoms in total. The van der Waals surface area contributed by atoms with E-state index in [1.807, 2.05) is 47.2 Å². The summed E-state index contributed by atoms with van der Waals surface area (Å²) in [5, 5.41) is 7.04. The first-order valence-electron chi connectivity index (χ1n) is 11.1. The summed E-state index contributed by atoms with van der Waals surface area (Å²) in [5.41, 5.74) is 2.12. The van der Waals surface area contributed by atoms with Gasteiger partial charge in [-0.05, 0) is 65.1 Å². The third kappa shape index (κ3) is 5.43. The normalized spacial score (nSPS) is 15.2. The highest BCUT2D eigenvalue weighted by atomic mass is 32.1. The van der Waals surface area contributed by atoms with E-state index >= 15 is 0 Å². The fourth-order valence-electron chi connectivity index (χ4n) is 4.27.